The van der Waals surface area contributed by atoms with Gasteiger partial charge in [-0.15, -0.1) is 0 Å². The first-order valence-electron chi connectivity index (χ1n) is 7.90. The van der Waals surface area contributed by atoms with E-state index in [0.717, 1.165) is 35.6 Å². The molecule has 0 atom stereocenters. The predicted octanol–water partition coefficient (Wildman–Crippen LogP) is 3.58. The largest absolute Gasteiger partial charge is 0.405 e. The van der Waals surface area contributed by atoms with Crippen LogP contribution < -0.4 is 11.1 Å². The first-order valence-corrected chi connectivity index (χ1v) is 7.90. The molecule has 0 saturated carbocycles. The van der Waals surface area contributed by atoms with Crippen LogP contribution in [0.1, 0.15) is 18.1 Å². The lowest BCUT2D eigenvalue weighted by atomic mass is 10.00. The molecule has 120 valence electrons. The second-order valence-corrected chi connectivity index (χ2v) is 5.68. The van der Waals surface area contributed by atoms with Gasteiger partial charge in [-0.1, -0.05) is 35.9 Å². The maximum absolute atomic E-state index is 5.33. The fourth-order valence-electron chi connectivity index (χ4n) is 2.59. The summed E-state index contributed by atoms with van der Waals surface area (Å²) >= 11 is 0. The third kappa shape index (κ3) is 3.69. The van der Waals surface area contributed by atoms with Gasteiger partial charge in [-0.05, 0) is 47.8 Å². The van der Waals surface area contributed by atoms with E-state index < -0.39 is 0 Å². The van der Waals surface area contributed by atoms with E-state index in [2.05, 4.69) is 52.4 Å². The van der Waals surface area contributed by atoms with Crippen LogP contribution in [0.4, 0.5) is 5.82 Å². The Morgan fingerprint density at radius 2 is 2.08 bits per heavy atom. The first kappa shape index (κ1) is 15.9. The normalized spacial score (nSPS) is 13.0. The average Bonchev–Trinajstić information content (AvgIpc) is 3.09. The molecule has 0 aliphatic carbocycles. The smallest absolute Gasteiger partial charge is 0.170 e. The van der Waals surface area contributed by atoms with Gasteiger partial charge in [0.2, 0.25) is 0 Å². The minimum absolute atomic E-state index is 0.743. The molecule has 0 unspecified atom stereocenters. The summed E-state index contributed by atoms with van der Waals surface area (Å²) in [5.74, 6) is 3.61. The molecular formula is C20H20N4. The Kier molecular flexibility index (Phi) is 5.02. The average molecular weight is 316 g/mol. The summed E-state index contributed by atoms with van der Waals surface area (Å²) in [4.78, 5) is 8.39. The number of rotatable bonds is 6. The minimum Gasteiger partial charge on any atom is -0.405 e. The fraction of sp³-hybridized carbons (Fsp3) is 0.150. The number of aromatic nitrogens is 1. The Bertz CT molecular complexity index is 838. The van der Waals surface area contributed by atoms with Crippen molar-refractivity contribution in [2.24, 2.45) is 10.7 Å². The van der Waals surface area contributed by atoms with Crippen LogP contribution in [0, 0.1) is 0 Å². The Balaban J connectivity index is 1.65. The molecule has 1 aromatic heterocycles. The van der Waals surface area contributed by atoms with Crippen molar-refractivity contribution in [1.82, 2.24) is 10.3 Å². The molecule has 0 spiro atoms. The predicted molar refractivity (Wildman–Crippen MR) is 100 cm³/mol. The minimum atomic E-state index is 0.743. The summed E-state index contributed by atoms with van der Waals surface area (Å²) in [6.07, 6.45) is 9.07. The highest BCUT2D eigenvalue weighted by atomic mass is 14.9. The number of fused-ring (bicyclic) bond motifs is 1. The van der Waals surface area contributed by atoms with Gasteiger partial charge in [0.05, 0.1) is 0 Å². The third-order valence-corrected chi connectivity index (χ3v) is 3.84. The number of nitrogens with one attached hydrogen (secondary N) is 1. The number of benzene rings is 1. The molecule has 1 aliphatic heterocycles. The molecule has 2 aromatic rings. The maximum atomic E-state index is 5.33. The molecule has 2 heterocycles. The second-order valence-electron chi connectivity index (χ2n) is 5.68. The summed E-state index contributed by atoms with van der Waals surface area (Å²) in [7, 11) is 0. The van der Waals surface area contributed by atoms with Crippen LogP contribution in [0.2, 0.25) is 0 Å². The van der Waals surface area contributed by atoms with E-state index in [1.54, 1.807) is 6.20 Å². The third-order valence-electron chi connectivity index (χ3n) is 3.84. The van der Waals surface area contributed by atoms with Gasteiger partial charge < -0.3 is 11.1 Å². The molecule has 3 rings (SSSR count). The van der Waals surface area contributed by atoms with Gasteiger partial charge in [0.1, 0.15) is 0 Å². The molecule has 0 saturated heterocycles. The lowest BCUT2D eigenvalue weighted by molar-refractivity contribution is 0.740. The molecule has 3 N–H and O–H groups in total. The van der Waals surface area contributed by atoms with Gasteiger partial charge in [0.15, 0.2) is 5.82 Å². The van der Waals surface area contributed by atoms with Crippen LogP contribution in [0.15, 0.2) is 65.4 Å². The van der Waals surface area contributed by atoms with E-state index in [1.165, 1.54) is 17.3 Å². The second kappa shape index (κ2) is 7.55. The Morgan fingerprint density at radius 3 is 2.88 bits per heavy atom. The maximum Gasteiger partial charge on any atom is 0.170 e. The van der Waals surface area contributed by atoms with E-state index in [-0.39, 0.29) is 0 Å². The van der Waals surface area contributed by atoms with Gasteiger partial charge in [0.25, 0.3) is 0 Å². The van der Waals surface area contributed by atoms with Crippen LogP contribution in [0.25, 0.3) is 17.2 Å². The zero-order valence-electron chi connectivity index (χ0n) is 13.7. The van der Waals surface area contributed by atoms with Crippen LogP contribution >= 0.6 is 0 Å². The lowest BCUT2D eigenvalue weighted by Gasteiger charge is -2.08. The number of aliphatic imine (C=N–C) groups is 1. The highest BCUT2D eigenvalue weighted by Gasteiger charge is 2.11. The molecule has 1 aliphatic rings. The Morgan fingerprint density at radius 1 is 1.25 bits per heavy atom. The Hall–Kier alpha value is -2.94. The van der Waals surface area contributed by atoms with Crippen molar-refractivity contribution >= 4 is 17.8 Å². The lowest BCUT2D eigenvalue weighted by Crippen LogP contribution is -2.15. The molecule has 4 heteroatoms. The highest BCUT2D eigenvalue weighted by Crippen LogP contribution is 2.31. The van der Waals surface area contributed by atoms with Crippen molar-refractivity contribution in [3.8, 4) is 11.1 Å². The molecule has 0 fully saturated rings. The van der Waals surface area contributed by atoms with Crippen LogP contribution in [-0.2, 0) is 6.54 Å². The van der Waals surface area contributed by atoms with Crippen molar-refractivity contribution in [2.75, 3.05) is 6.54 Å². The number of pyridine rings is 1. The monoisotopic (exact) mass is 316 g/mol. The molecule has 1 aromatic carbocycles. The highest BCUT2D eigenvalue weighted by molar-refractivity contribution is 5.94. The van der Waals surface area contributed by atoms with Crippen molar-refractivity contribution in [2.45, 2.75) is 13.5 Å². The number of hydrogen-bond acceptors (Lipinski definition) is 4. The number of nitrogens with two attached hydrogens (primary N) is 1. The summed E-state index contributed by atoms with van der Waals surface area (Å²) < 4.78 is 0. The summed E-state index contributed by atoms with van der Waals surface area (Å²) in [6, 6.07) is 10.6. The summed E-state index contributed by atoms with van der Waals surface area (Å²) in [5.41, 5.74) is 11.2. The van der Waals surface area contributed by atoms with Crippen LogP contribution in [0.3, 0.4) is 0 Å². The van der Waals surface area contributed by atoms with Crippen molar-refractivity contribution < 1.29 is 0 Å². The molecule has 24 heavy (non-hydrogen) atoms. The van der Waals surface area contributed by atoms with E-state index >= 15 is 0 Å². The van der Waals surface area contributed by atoms with Crippen molar-refractivity contribution in [3.05, 3.63) is 71.6 Å². The number of allylic oxidation sites excluding steroid dienone is 2. The van der Waals surface area contributed by atoms with E-state index in [0.29, 0.717) is 0 Å². The first-order chi connectivity index (χ1) is 11.8. The van der Waals surface area contributed by atoms with Crippen LogP contribution in [-0.4, -0.2) is 17.4 Å². The summed E-state index contributed by atoms with van der Waals surface area (Å²) in [5, 5.41) is 3.43. The van der Waals surface area contributed by atoms with E-state index in [1.807, 2.05) is 24.3 Å². The molecule has 4 nitrogen and oxygen atoms in total. The van der Waals surface area contributed by atoms with Crippen molar-refractivity contribution in [3.63, 3.8) is 0 Å². The van der Waals surface area contributed by atoms with Crippen LogP contribution in [0.5, 0.6) is 0 Å². The molecule has 0 bridgehead atoms. The van der Waals surface area contributed by atoms with E-state index in [4.69, 9.17) is 5.73 Å². The summed E-state index contributed by atoms with van der Waals surface area (Å²) in [6.45, 7) is 3.75. The zero-order valence-corrected chi connectivity index (χ0v) is 13.7. The zero-order chi connectivity index (χ0) is 16.8. The van der Waals surface area contributed by atoms with Gasteiger partial charge in [-0.3, -0.25) is 0 Å². The standard InChI is InChI=1S/C20H20N4/c1-15(3-2-10-21)13-22-14-16-4-6-17(7-5-16)18-8-11-23-20-19(18)9-12-24-20/h2-11,22H,13-14,21H2,1H3/b10-2-,15-3+. The number of nitrogens with zero attached hydrogens (tertiary/aromatic N) is 2. The van der Waals surface area contributed by atoms with Crippen molar-refractivity contribution in [1.29, 1.82) is 0 Å². The topological polar surface area (TPSA) is 63.3 Å². The Labute approximate surface area is 142 Å². The van der Waals surface area contributed by atoms with E-state index in [9.17, 15) is 0 Å². The fourth-order valence-corrected chi connectivity index (χ4v) is 2.59. The SMILES string of the molecule is C/C(=C\C=C/N)CNCc1ccc(-c2ccnc3c2C=C=N3)cc1. The number of hydrogen-bond donors (Lipinski definition) is 2. The van der Waals surface area contributed by atoms with Gasteiger partial charge in [0, 0.05) is 30.9 Å². The molecular weight excluding hydrogens is 296 g/mol. The van der Waals surface area contributed by atoms with Gasteiger partial charge in [-0.25, -0.2) is 4.98 Å². The molecule has 0 radical (unpaired) electrons. The molecule has 0 amide bonds. The van der Waals surface area contributed by atoms with Gasteiger partial charge >= 0.3 is 0 Å². The quantitative estimate of drug-likeness (QED) is 0.683. The van der Waals surface area contributed by atoms with Gasteiger partial charge in [-0.2, -0.15) is 4.99 Å².